The maximum absolute atomic E-state index is 5.88. The highest BCUT2D eigenvalue weighted by Crippen LogP contribution is 2.31. The van der Waals surface area contributed by atoms with Gasteiger partial charge >= 0.3 is 8.80 Å². The average molecular weight is 294 g/mol. The molecule has 0 aliphatic heterocycles. The lowest BCUT2D eigenvalue weighted by atomic mass is 10.4. The summed E-state index contributed by atoms with van der Waals surface area (Å²) in [5.41, 5.74) is -0.0627. The van der Waals surface area contributed by atoms with E-state index in [0.29, 0.717) is 33.0 Å². The summed E-state index contributed by atoms with van der Waals surface area (Å²) < 4.78 is 29.0. The first-order valence-electron chi connectivity index (χ1n) is 7.26. The zero-order chi connectivity index (χ0) is 14.7. The molecule has 0 spiro atoms. The Morgan fingerprint density at radius 2 is 1.05 bits per heavy atom. The maximum Gasteiger partial charge on any atom is 0.509 e. The van der Waals surface area contributed by atoms with Gasteiger partial charge < -0.3 is 22.8 Å². The Morgan fingerprint density at radius 1 is 0.684 bits per heavy atom. The predicted molar refractivity (Wildman–Crippen MR) is 77.1 cm³/mol. The zero-order valence-corrected chi connectivity index (χ0v) is 14.2. The largest absolute Gasteiger partial charge is 0.509 e. The van der Waals surface area contributed by atoms with Crippen molar-refractivity contribution in [2.24, 2.45) is 0 Å². The molecule has 0 aliphatic rings. The smallest absolute Gasteiger partial charge is 0.373 e. The second-order valence-corrected chi connectivity index (χ2v) is 6.95. The van der Waals surface area contributed by atoms with Crippen LogP contribution in [0.5, 0.6) is 0 Å². The summed E-state index contributed by atoms with van der Waals surface area (Å²) in [4.78, 5) is 0. The highest BCUT2D eigenvalue weighted by Gasteiger charge is 2.51. The first-order valence-corrected chi connectivity index (χ1v) is 9.06. The van der Waals surface area contributed by atoms with E-state index in [1.54, 1.807) is 0 Å². The van der Waals surface area contributed by atoms with Crippen molar-refractivity contribution < 1.29 is 22.8 Å². The molecule has 6 heteroatoms. The van der Waals surface area contributed by atoms with Crippen LogP contribution in [0.3, 0.4) is 0 Å². The second kappa shape index (κ2) is 10.8. The third-order valence-electron chi connectivity index (χ3n) is 2.66. The van der Waals surface area contributed by atoms with Crippen molar-refractivity contribution in [2.75, 3.05) is 33.0 Å². The normalized spacial score (nSPS) is 14.1. The van der Waals surface area contributed by atoms with Crippen molar-refractivity contribution in [1.82, 2.24) is 0 Å². The monoisotopic (exact) mass is 294 g/mol. The quantitative estimate of drug-likeness (QED) is 0.409. The van der Waals surface area contributed by atoms with E-state index in [9.17, 15) is 0 Å². The summed E-state index contributed by atoms with van der Waals surface area (Å²) in [7, 11) is -2.79. The van der Waals surface area contributed by atoms with E-state index in [1.807, 2.05) is 41.5 Å². The van der Waals surface area contributed by atoms with E-state index in [1.165, 1.54) is 0 Å². The lowest BCUT2D eigenvalue weighted by Gasteiger charge is -2.36. The lowest BCUT2D eigenvalue weighted by molar-refractivity contribution is -0.147. The van der Waals surface area contributed by atoms with Crippen LogP contribution in [0.1, 0.15) is 41.5 Å². The molecule has 0 heterocycles. The van der Waals surface area contributed by atoms with Crippen molar-refractivity contribution in [3.63, 3.8) is 0 Å². The molecule has 0 aromatic carbocycles. The predicted octanol–water partition coefficient (Wildman–Crippen LogP) is 2.82. The second-order valence-electron chi connectivity index (χ2n) is 3.97. The van der Waals surface area contributed by atoms with E-state index in [-0.39, 0.29) is 11.8 Å². The van der Waals surface area contributed by atoms with Gasteiger partial charge in [0.2, 0.25) is 0 Å². The molecule has 1 atom stereocenters. The Kier molecular flexibility index (Phi) is 10.8. The van der Waals surface area contributed by atoms with Crippen LogP contribution in [0.4, 0.5) is 0 Å². The van der Waals surface area contributed by atoms with Gasteiger partial charge in [-0.3, -0.25) is 0 Å². The third kappa shape index (κ3) is 5.89. The van der Waals surface area contributed by atoms with Gasteiger partial charge in [-0.15, -0.1) is 0 Å². The molecule has 116 valence electrons. The lowest BCUT2D eigenvalue weighted by Crippen LogP contribution is -2.53. The highest BCUT2D eigenvalue weighted by atomic mass is 28.4. The van der Waals surface area contributed by atoms with Gasteiger partial charge in [0.15, 0.2) is 6.29 Å². The van der Waals surface area contributed by atoms with E-state index in [2.05, 4.69) is 0 Å². The zero-order valence-electron chi connectivity index (χ0n) is 13.2. The van der Waals surface area contributed by atoms with Gasteiger partial charge in [0.25, 0.3) is 0 Å². The average Bonchev–Trinajstić information content (AvgIpc) is 2.38. The molecule has 0 rings (SSSR count). The molecule has 0 amide bonds. The molecule has 0 aliphatic carbocycles. The summed E-state index contributed by atoms with van der Waals surface area (Å²) >= 11 is 0. The topological polar surface area (TPSA) is 46.2 Å². The first-order chi connectivity index (χ1) is 9.11. The fraction of sp³-hybridized carbons (Fsp3) is 1.00. The van der Waals surface area contributed by atoms with E-state index < -0.39 is 8.80 Å². The summed E-state index contributed by atoms with van der Waals surface area (Å²) in [5, 5.41) is 0. The van der Waals surface area contributed by atoms with Crippen molar-refractivity contribution in [1.29, 1.82) is 0 Å². The number of hydrogen-bond acceptors (Lipinski definition) is 5. The molecule has 0 N–H and O–H groups in total. The Hall–Kier alpha value is 0.0169. The van der Waals surface area contributed by atoms with Crippen LogP contribution < -0.4 is 0 Å². The minimum atomic E-state index is -2.79. The molecule has 0 saturated carbocycles. The van der Waals surface area contributed by atoms with Gasteiger partial charge in [0.05, 0.1) is 5.54 Å². The minimum Gasteiger partial charge on any atom is -0.373 e. The van der Waals surface area contributed by atoms with Crippen LogP contribution in [0.2, 0.25) is 5.54 Å². The SMILES string of the molecule is CCOC(OCC)C(C)[Si](OCC)(OCC)OCC. The van der Waals surface area contributed by atoms with Crippen molar-refractivity contribution in [2.45, 2.75) is 53.4 Å². The summed E-state index contributed by atoms with van der Waals surface area (Å²) in [5.74, 6) is 0. The van der Waals surface area contributed by atoms with Crippen molar-refractivity contribution in [3.05, 3.63) is 0 Å². The first kappa shape index (κ1) is 19.0. The molecule has 19 heavy (non-hydrogen) atoms. The Balaban J connectivity index is 5.04. The number of ether oxygens (including phenoxy) is 2. The van der Waals surface area contributed by atoms with Gasteiger partial charge in [-0.25, -0.2) is 0 Å². The highest BCUT2D eigenvalue weighted by molar-refractivity contribution is 6.62. The minimum absolute atomic E-state index is 0.0627. The third-order valence-corrected chi connectivity index (χ3v) is 6.13. The molecule has 5 nitrogen and oxygen atoms in total. The molecule has 0 aromatic heterocycles. The van der Waals surface area contributed by atoms with Crippen molar-refractivity contribution >= 4 is 8.80 Å². The molecule has 0 fully saturated rings. The number of rotatable bonds is 12. The van der Waals surface area contributed by atoms with Crippen LogP contribution in [-0.4, -0.2) is 48.1 Å². The van der Waals surface area contributed by atoms with Crippen LogP contribution in [0.25, 0.3) is 0 Å². The molecular formula is C13H30O5Si. The molecule has 0 bridgehead atoms. The van der Waals surface area contributed by atoms with Crippen LogP contribution in [0.15, 0.2) is 0 Å². The Bertz CT molecular complexity index is 192. The van der Waals surface area contributed by atoms with Gasteiger partial charge in [0, 0.05) is 33.0 Å². The molecule has 1 unspecified atom stereocenters. The van der Waals surface area contributed by atoms with Gasteiger partial charge in [-0.1, -0.05) is 6.92 Å². The van der Waals surface area contributed by atoms with E-state index in [4.69, 9.17) is 22.8 Å². The molecule has 0 saturated heterocycles. The van der Waals surface area contributed by atoms with Crippen molar-refractivity contribution in [3.8, 4) is 0 Å². The molecular weight excluding hydrogens is 264 g/mol. The molecule has 0 aromatic rings. The van der Waals surface area contributed by atoms with Crippen LogP contribution in [-0.2, 0) is 22.8 Å². The summed E-state index contributed by atoms with van der Waals surface area (Å²) in [6, 6.07) is 0. The fourth-order valence-corrected chi connectivity index (χ4v) is 4.73. The summed E-state index contributed by atoms with van der Waals surface area (Å²) in [6.07, 6.45) is -0.355. The number of hydrogen-bond donors (Lipinski definition) is 0. The van der Waals surface area contributed by atoms with Gasteiger partial charge in [-0.2, -0.15) is 0 Å². The van der Waals surface area contributed by atoms with E-state index in [0.717, 1.165) is 0 Å². The Morgan fingerprint density at radius 3 is 1.32 bits per heavy atom. The Labute approximate surface area is 118 Å². The fourth-order valence-electron chi connectivity index (χ4n) is 1.95. The van der Waals surface area contributed by atoms with E-state index >= 15 is 0 Å². The standard InChI is InChI=1S/C13H30O5Si/c1-7-14-13(15-8-2)12(6)19(16-9-3,17-10-4)18-11-5/h12-13H,7-11H2,1-6H3. The molecule has 0 radical (unpaired) electrons. The van der Waals surface area contributed by atoms with Gasteiger partial charge in [-0.05, 0) is 34.6 Å². The summed E-state index contributed by atoms with van der Waals surface area (Å²) in [6.45, 7) is 14.6. The van der Waals surface area contributed by atoms with Gasteiger partial charge in [0.1, 0.15) is 0 Å². The van der Waals surface area contributed by atoms with Crippen LogP contribution in [0, 0.1) is 0 Å². The van der Waals surface area contributed by atoms with Crippen LogP contribution >= 0.6 is 0 Å². The maximum atomic E-state index is 5.88.